The minimum absolute atomic E-state index is 0.213. The Morgan fingerprint density at radius 2 is 1.92 bits per heavy atom. The smallest absolute Gasteiger partial charge is 0.410 e. The number of carbonyl (C=O) groups excluding carboxylic acids is 1. The lowest BCUT2D eigenvalue weighted by Crippen LogP contribution is -2.68. The number of piperidine rings is 1. The first-order valence-electron chi connectivity index (χ1n) is 16.1. The third kappa shape index (κ3) is 6.56. The van der Waals surface area contributed by atoms with Crippen molar-refractivity contribution < 1.29 is 23.7 Å². The average molecular weight is 654 g/mol. The van der Waals surface area contributed by atoms with Crippen LogP contribution in [-0.4, -0.2) is 111 Å². The van der Waals surface area contributed by atoms with E-state index < -0.39 is 5.60 Å². The molecule has 0 N–H and O–H groups in total. The Labute approximate surface area is 278 Å². The molecule has 4 aromatic rings. The van der Waals surface area contributed by atoms with Gasteiger partial charge in [-0.2, -0.15) is 10.4 Å². The lowest BCUT2D eigenvalue weighted by atomic mass is 9.87. The van der Waals surface area contributed by atoms with Crippen molar-refractivity contribution in [2.45, 2.75) is 57.5 Å². The van der Waals surface area contributed by atoms with Crippen LogP contribution in [0.4, 0.5) is 10.6 Å². The van der Waals surface area contributed by atoms with Crippen molar-refractivity contribution in [1.29, 1.82) is 5.26 Å². The second-order valence-corrected chi connectivity index (χ2v) is 13.4. The summed E-state index contributed by atoms with van der Waals surface area (Å²) in [6.07, 6.45) is 9.14. The van der Waals surface area contributed by atoms with E-state index in [4.69, 9.17) is 28.9 Å². The van der Waals surface area contributed by atoms with Crippen LogP contribution in [0.25, 0.3) is 16.8 Å². The van der Waals surface area contributed by atoms with E-state index in [2.05, 4.69) is 32.0 Å². The van der Waals surface area contributed by atoms with Crippen molar-refractivity contribution in [2.24, 2.45) is 0 Å². The summed E-state index contributed by atoms with van der Waals surface area (Å²) in [6.45, 7) is 9.55. The molecule has 14 heteroatoms. The average Bonchev–Trinajstić information content (AvgIpc) is 3.52. The molecule has 0 radical (unpaired) electrons. The van der Waals surface area contributed by atoms with E-state index in [1.54, 1.807) is 35.1 Å². The monoisotopic (exact) mass is 653 g/mol. The van der Waals surface area contributed by atoms with Crippen LogP contribution in [0, 0.1) is 11.3 Å². The minimum Gasteiger partial charge on any atom is -0.489 e. The highest BCUT2D eigenvalue weighted by Gasteiger charge is 2.44. The summed E-state index contributed by atoms with van der Waals surface area (Å²) in [6, 6.07) is 8.93. The molecule has 0 aliphatic carbocycles. The first-order chi connectivity index (χ1) is 23.2. The second kappa shape index (κ2) is 12.9. The second-order valence-electron chi connectivity index (χ2n) is 13.4. The molecule has 4 aromatic heterocycles. The van der Waals surface area contributed by atoms with E-state index in [1.165, 1.54) is 18.2 Å². The number of pyridine rings is 2. The molecule has 14 nitrogen and oxygen atoms in total. The lowest BCUT2D eigenvalue weighted by molar-refractivity contribution is -0.0557. The van der Waals surface area contributed by atoms with Gasteiger partial charge in [0.1, 0.15) is 35.9 Å². The first kappa shape index (κ1) is 31.6. The van der Waals surface area contributed by atoms with Crippen LogP contribution < -0.4 is 14.4 Å². The van der Waals surface area contributed by atoms with E-state index in [-0.39, 0.29) is 18.8 Å². The first-order valence-corrected chi connectivity index (χ1v) is 16.1. The Balaban J connectivity index is 1.03. The Bertz CT molecular complexity index is 1800. The number of morpholine rings is 1. The Kier molecular flexibility index (Phi) is 8.49. The standard InChI is InChI=1S/C34H39N9O5/c1-34(2,3)48-33(44)40-7-8-46-27(19-40)21-47-26-10-28(32-23(11-35)13-39-43(32)20-26)29-14-37-30(15-36-29)41-17-24-9-25(18-41)42(24)16-22-5-6-31(45-4)38-12-22/h5-6,10,12-15,20,24-25,27H,7-9,16-19,21H2,1-4H3/t24?,25?,27-/m0/s1. The van der Waals surface area contributed by atoms with Crippen molar-refractivity contribution in [2.75, 3.05) is 51.4 Å². The summed E-state index contributed by atoms with van der Waals surface area (Å²) in [5.41, 5.74) is 2.93. The maximum Gasteiger partial charge on any atom is 0.410 e. The molecular formula is C34H39N9O5. The van der Waals surface area contributed by atoms with Crippen molar-refractivity contribution in [3.8, 4) is 29.0 Å². The number of fused-ring (bicyclic) bond motifs is 3. The molecule has 48 heavy (non-hydrogen) atoms. The van der Waals surface area contributed by atoms with Gasteiger partial charge in [0.15, 0.2) is 0 Å². The number of hydrogen-bond acceptors (Lipinski definition) is 12. The normalized spacial score (nSPS) is 21.0. The third-order valence-electron chi connectivity index (χ3n) is 8.89. The Morgan fingerprint density at radius 1 is 1.08 bits per heavy atom. The highest BCUT2D eigenvalue weighted by atomic mass is 16.6. The molecule has 1 amide bonds. The number of nitrogens with zero attached hydrogens (tertiary/aromatic N) is 9. The SMILES string of the molecule is COc1ccc(CN2C3CC2CN(c2cnc(-c4cc(OC[C@@H]5CN(C(=O)OC(C)(C)C)CCO5)cn5ncc(C#N)c45)cn2)C3)cn1. The molecule has 4 aliphatic rings. The molecule has 8 rings (SSSR count). The van der Waals surface area contributed by atoms with Crippen molar-refractivity contribution >= 4 is 17.4 Å². The zero-order chi connectivity index (χ0) is 33.4. The van der Waals surface area contributed by atoms with Gasteiger partial charge in [-0.1, -0.05) is 6.07 Å². The summed E-state index contributed by atoms with van der Waals surface area (Å²) in [7, 11) is 1.62. The van der Waals surface area contributed by atoms with Gasteiger partial charge in [-0.25, -0.2) is 19.3 Å². The quantitative estimate of drug-likeness (QED) is 0.274. The van der Waals surface area contributed by atoms with Crippen LogP contribution in [-0.2, 0) is 16.0 Å². The highest BCUT2D eigenvalue weighted by molar-refractivity contribution is 5.83. The number of amides is 1. The van der Waals surface area contributed by atoms with Gasteiger partial charge in [-0.3, -0.25) is 9.88 Å². The molecule has 250 valence electrons. The number of methoxy groups -OCH3 is 1. The lowest BCUT2D eigenvalue weighted by Gasteiger charge is -2.56. The number of nitriles is 1. The van der Waals surface area contributed by atoms with Crippen molar-refractivity contribution in [3.63, 3.8) is 0 Å². The highest BCUT2D eigenvalue weighted by Crippen LogP contribution is 2.36. The summed E-state index contributed by atoms with van der Waals surface area (Å²) >= 11 is 0. The molecule has 8 heterocycles. The number of hydrogen-bond donors (Lipinski definition) is 0. The number of piperazine rings is 1. The predicted octanol–water partition coefficient (Wildman–Crippen LogP) is 3.54. The maximum absolute atomic E-state index is 12.6. The zero-order valence-electron chi connectivity index (χ0n) is 27.6. The molecule has 4 saturated heterocycles. The van der Waals surface area contributed by atoms with Crippen LogP contribution in [0.15, 0.2) is 49.2 Å². The molecule has 0 spiro atoms. The molecule has 0 aromatic carbocycles. The minimum atomic E-state index is -0.577. The van der Waals surface area contributed by atoms with E-state index in [0.717, 1.165) is 25.5 Å². The van der Waals surface area contributed by atoms with Crippen LogP contribution >= 0.6 is 0 Å². The molecule has 3 atom stereocenters. The zero-order valence-corrected chi connectivity index (χ0v) is 27.6. The van der Waals surface area contributed by atoms with Gasteiger partial charge >= 0.3 is 6.09 Å². The summed E-state index contributed by atoms with van der Waals surface area (Å²) in [4.78, 5) is 33.0. The number of anilines is 1. The largest absolute Gasteiger partial charge is 0.489 e. The van der Waals surface area contributed by atoms with Gasteiger partial charge in [0, 0.05) is 56.1 Å². The van der Waals surface area contributed by atoms with Gasteiger partial charge in [0.25, 0.3) is 0 Å². The molecule has 0 saturated carbocycles. The molecule has 4 fully saturated rings. The third-order valence-corrected chi connectivity index (χ3v) is 8.89. The van der Waals surface area contributed by atoms with Crippen molar-refractivity contribution in [1.82, 2.24) is 34.4 Å². The van der Waals surface area contributed by atoms with Gasteiger partial charge < -0.3 is 28.7 Å². The van der Waals surface area contributed by atoms with E-state index in [0.29, 0.717) is 65.7 Å². The van der Waals surface area contributed by atoms with E-state index in [1.807, 2.05) is 39.1 Å². The summed E-state index contributed by atoms with van der Waals surface area (Å²) in [5.74, 6) is 1.97. The van der Waals surface area contributed by atoms with Gasteiger partial charge in [0.2, 0.25) is 5.88 Å². The van der Waals surface area contributed by atoms with E-state index >= 15 is 0 Å². The fourth-order valence-corrected chi connectivity index (χ4v) is 6.55. The predicted molar refractivity (Wildman–Crippen MR) is 175 cm³/mol. The van der Waals surface area contributed by atoms with Crippen molar-refractivity contribution in [3.05, 3.63) is 60.3 Å². The maximum atomic E-state index is 12.6. The van der Waals surface area contributed by atoms with E-state index in [9.17, 15) is 10.1 Å². The molecule has 4 aliphatic heterocycles. The fraction of sp³-hybridized carbons (Fsp3) is 0.471. The Morgan fingerprint density at radius 3 is 2.60 bits per heavy atom. The number of carbonyl (C=O) groups is 1. The summed E-state index contributed by atoms with van der Waals surface area (Å²) in [5, 5.41) is 14.2. The number of aromatic nitrogens is 5. The van der Waals surface area contributed by atoms with Crippen LogP contribution in [0.5, 0.6) is 11.6 Å². The number of rotatable bonds is 8. The van der Waals surface area contributed by atoms with Gasteiger partial charge in [-0.05, 0) is 38.8 Å². The van der Waals surface area contributed by atoms with Crippen LogP contribution in [0.1, 0.15) is 38.3 Å². The topological polar surface area (TPSA) is 143 Å². The van der Waals surface area contributed by atoms with Gasteiger partial charge in [0.05, 0.1) is 61.8 Å². The molecule has 2 bridgehead atoms. The Hall–Kier alpha value is -5.00. The molecular weight excluding hydrogens is 614 g/mol. The van der Waals surface area contributed by atoms with Crippen LogP contribution in [0.2, 0.25) is 0 Å². The number of ether oxygens (including phenoxy) is 4. The molecule has 2 unspecified atom stereocenters. The van der Waals surface area contributed by atoms with Crippen LogP contribution in [0.3, 0.4) is 0 Å². The van der Waals surface area contributed by atoms with Gasteiger partial charge in [-0.15, -0.1) is 0 Å². The fourth-order valence-electron chi connectivity index (χ4n) is 6.55. The summed E-state index contributed by atoms with van der Waals surface area (Å²) < 4.78 is 24.4.